The van der Waals surface area contributed by atoms with Crippen molar-refractivity contribution in [2.75, 3.05) is 0 Å². The summed E-state index contributed by atoms with van der Waals surface area (Å²) in [6.45, 7) is 0. The van der Waals surface area contributed by atoms with Gasteiger partial charge in [0, 0.05) is 34.7 Å². The Morgan fingerprint density at radius 1 is 0.310 bits per heavy atom. The molecule has 0 unspecified atom stereocenters. The molecule has 0 N–H and O–H groups in total. The topological polar surface area (TPSA) is 371 Å². The monoisotopic (exact) mass is 702 g/mol. The van der Waals surface area contributed by atoms with Crippen LogP contribution >= 0.6 is 0 Å². The Hall–Kier alpha value is 1.50. The summed E-state index contributed by atoms with van der Waals surface area (Å²) in [5.41, 5.74) is 0. The van der Waals surface area contributed by atoms with Crippen molar-refractivity contribution in [3.05, 3.63) is 0 Å². The molecule has 0 aliphatic heterocycles. The Bertz CT molecular complexity index is 854. The molecule has 0 fully saturated rings. The van der Waals surface area contributed by atoms with Gasteiger partial charge in [-0.05, 0) is 0 Å². The first kappa shape index (κ1) is 40.8. The summed E-state index contributed by atoms with van der Waals surface area (Å²) in [4.78, 5) is 0. The van der Waals surface area contributed by atoms with Crippen molar-refractivity contribution in [3.63, 3.8) is 0 Å². The zero-order valence-electron chi connectivity index (χ0n) is 12.2. The summed E-state index contributed by atoms with van der Waals surface area (Å²) < 4.78 is 177. The van der Waals surface area contributed by atoms with Gasteiger partial charge >= 0.3 is 161 Å². The van der Waals surface area contributed by atoms with Crippen LogP contribution in [0.15, 0.2) is 0 Å². The van der Waals surface area contributed by atoms with E-state index in [1.165, 1.54) is 0 Å². The van der Waals surface area contributed by atoms with Crippen molar-refractivity contribution in [2.45, 2.75) is 0 Å². The molecule has 174 valence electrons. The number of hydrogen-bond acceptors (Lipinski definition) is 21. The predicted molar refractivity (Wildman–Crippen MR) is 23.0 cm³/mol. The van der Waals surface area contributed by atoms with Crippen LogP contribution in [0.3, 0.4) is 0 Å². The standard InChI is InChI=1S/2Al.6Cr.21O/q;;;;;;;;;;;;;;;;;;;;;;;6*-1. The Kier molecular flexibility index (Phi) is 20.6. The van der Waals surface area contributed by atoms with Crippen molar-refractivity contribution in [2.24, 2.45) is 0 Å². The van der Waals surface area contributed by atoms with Gasteiger partial charge in [-0.3, -0.25) is 0 Å². The third-order valence-corrected chi connectivity index (χ3v) is 8.50. The van der Waals surface area contributed by atoms with Gasteiger partial charge in [-0.25, -0.2) is 0 Å². The zero-order valence-corrected chi connectivity index (χ0v) is 22.1. The Morgan fingerprint density at radius 3 is 0.379 bits per heavy atom. The third kappa shape index (κ3) is 58.7. The van der Waals surface area contributed by atoms with Crippen LogP contribution in [-0.4, -0.2) is 34.7 Å². The SMILES string of the molecule is [Al].[Al].[O]=[Cr](=[O])([O-])[O][Cr](=[O])(=[O])[O-].[O]=[Cr](=[O])([O-])[O][Cr](=[O])(=[O])[O-].[O]=[Cr](=[O])([O-])[O][Cr](=[O])(=[O])[O-]. The Labute approximate surface area is 193 Å². The van der Waals surface area contributed by atoms with Crippen molar-refractivity contribution >= 4 is 34.7 Å². The summed E-state index contributed by atoms with van der Waals surface area (Å²) in [6, 6.07) is 0. The van der Waals surface area contributed by atoms with E-state index in [0.29, 0.717) is 0 Å². The molecule has 0 saturated carbocycles. The summed E-state index contributed by atoms with van der Waals surface area (Å²) in [5.74, 6) is 0. The van der Waals surface area contributed by atoms with Crippen LogP contribution < -0.4 is 24.9 Å². The minimum atomic E-state index is -6.07. The van der Waals surface area contributed by atoms with Crippen LogP contribution in [0.1, 0.15) is 0 Å². The maximum absolute atomic E-state index is 9.38. The van der Waals surface area contributed by atoms with E-state index in [4.69, 9.17) is 0 Å². The fraction of sp³-hybridized carbons (Fsp3) is 0. The van der Waals surface area contributed by atoms with Gasteiger partial charge < -0.3 is 0 Å². The molecule has 0 aromatic heterocycles. The molecule has 29 heteroatoms. The van der Waals surface area contributed by atoms with Crippen LogP contribution in [0, 0.1) is 0 Å². The van der Waals surface area contributed by atoms with Crippen LogP contribution in [0.25, 0.3) is 0 Å². The molecule has 0 aromatic carbocycles. The molecule has 29 heavy (non-hydrogen) atoms. The molecule has 0 aliphatic carbocycles. The van der Waals surface area contributed by atoms with Crippen LogP contribution in [0.2, 0.25) is 0 Å². The van der Waals surface area contributed by atoms with Crippen molar-refractivity contribution in [1.82, 2.24) is 0 Å². The van der Waals surface area contributed by atoms with Crippen LogP contribution in [-0.2, 0) is 136 Å². The maximum atomic E-state index is 9.38. The first-order valence-electron chi connectivity index (χ1n) is 4.00. The first-order chi connectivity index (χ1) is 11.1. The number of hydrogen-bond donors (Lipinski definition) is 0. The average Bonchev–Trinajstić information content (AvgIpc) is 1.96. The molecule has 0 amide bonds. The normalized spacial score (nSPS) is 12.6. The van der Waals surface area contributed by atoms with E-state index in [-0.39, 0.29) is 34.7 Å². The van der Waals surface area contributed by atoms with E-state index in [0.717, 1.165) is 0 Å². The van der Waals surface area contributed by atoms with Gasteiger partial charge in [0.15, 0.2) is 0 Å². The number of rotatable bonds is 6. The molecule has 0 rings (SSSR count). The second-order valence-electron chi connectivity index (χ2n) is 2.65. The molecule has 0 aliphatic rings. The van der Waals surface area contributed by atoms with Gasteiger partial charge in [-0.15, -0.1) is 0 Å². The molecule has 0 heterocycles. The molecule has 0 atom stereocenters. The third-order valence-electron chi connectivity index (χ3n) is 0.500. The molecule has 0 saturated heterocycles. The molecular weight excluding hydrogens is 702 g/mol. The van der Waals surface area contributed by atoms with E-state index in [1.807, 2.05) is 0 Å². The van der Waals surface area contributed by atoms with Gasteiger partial charge in [0.25, 0.3) is 0 Å². The summed E-state index contributed by atoms with van der Waals surface area (Å²) in [5, 5.41) is 0. The minimum absolute atomic E-state index is 0. The Balaban J connectivity index is -0.0000000960. The zero-order chi connectivity index (χ0) is 23.1. The van der Waals surface area contributed by atoms with E-state index in [2.05, 4.69) is 8.52 Å². The molecule has 0 bridgehead atoms. The van der Waals surface area contributed by atoms with E-state index >= 15 is 0 Å². The second-order valence-corrected chi connectivity index (χ2v) is 13.6. The quantitative estimate of drug-likeness (QED) is 0.232. The van der Waals surface area contributed by atoms with Crippen molar-refractivity contribution in [3.8, 4) is 0 Å². The molecule has 21 nitrogen and oxygen atoms in total. The molecule has 0 spiro atoms. The van der Waals surface area contributed by atoms with Crippen molar-refractivity contribution in [1.29, 1.82) is 0 Å². The van der Waals surface area contributed by atoms with Crippen LogP contribution in [0.5, 0.6) is 0 Å². The second kappa shape index (κ2) is 14.6. The summed E-state index contributed by atoms with van der Waals surface area (Å²) in [6.07, 6.45) is 0. The van der Waals surface area contributed by atoms with Gasteiger partial charge in [-0.2, -0.15) is 0 Å². The van der Waals surface area contributed by atoms with Gasteiger partial charge in [0.1, 0.15) is 0 Å². The van der Waals surface area contributed by atoms with Gasteiger partial charge in [0.05, 0.1) is 0 Å². The average molecular weight is 702 g/mol. The molecular formula is Al2Cr6O21-6. The van der Waals surface area contributed by atoms with E-state index in [1.54, 1.807) is 0 Å². The van der Waals surface area contributed by atoms with E-state index < -0.39 is 81.7 Å². The van der Waals surface area contributed by atoms with E-state index in [9.17, 15) is 70.6 Å². The fourth-order valence-corrected chi connectivity index (χ4v) is 5.21. The van der Waals surface area contributed by atoms with Crippen molar-refractivity contribution < 1.29 is 161 Å². The summed E-state index contributed by atoms with van der Waals surface area (Å²) >= 11 is -36.4. The molecule has 6 radical (unpaired) electrons. The fourth-order valence-electron chi connectivity index (χ4n) is 0.306. The van der Waals surface area contributed by atoms with Crippen LogP contribution in [0.4, 0.5) is 0 Å². The van der Waals surface area contributed by atoms with Gasteiger partial charge in [0.2, 0.25) is 0 Å². The predicted octanol–water partition coefficient (Wildman–Crippen LogP) is -9.54. The first-order valence-corrected chi connectivity index (χ1v) is 16.5. The molecule has 0 aromatic rings. The Morgan fingerprint density at radius 2 is 0.379 bits per heavy atom. The summed E-state index contributed by atoms with van der Waals surface area (Å²) in [7, 11) is 0. The van der Waals surface area contributed by atoms with Gasteiger partial charge in [-0.1, -0.05) is 0 Å².